The molecule has 0 bridgehead atoms. The van der Waals surface area contributed by atoms with E-state index in [0.29, 0.717) is 5.41 Å². The lowest BCUT2D eigenvalue weighted by Crippen LogP contribution is -2.20. The molecule has 0 aliphatic carbocycles. The highest BCUT2D eigenvalue weighted by molar-refractivity contribution is 4.82. The van der Waals surface area contributed by atoms with Crippen molar-refractivity contribution in [2.75, 3.05) is 13.2 Å². The fourth-order valence-corrected chi connectivity index (χ4v) is 2.58. The fraction of sp³-hybridized carbons (Fsp3) is 1.00. The Morgan fingerprint density at radius 1 is 1.29 bits per heavy atom. The molecule has 0 aromatic rings. The van der Waals surface area contributed by atoms with Crippen molar-refractivity contribution in [3.63, 3.8) is 0 Å². The second kappa shape index (κ2) is 5.75. The van der Waals surface area contributed by atoms with Crippen LogP contribution < -0.4 is 0 Å². The lowest BCUT2D eigenvalue weighted by atomic mass is 9.78. The van der Waals surface area contributed by atoms with Gasteiger partial charge in [0.05, 0.1) is 6.61 Å². The van der Waals surface area contributed by atoms with E-state index in [1.807, 2.05) is 0 Å². The quantitative estimate of drug-likeness (QED) is 0.626. The molecule has 1 fully saturated rings. The third-order valence-electron chi connectivity index (χ3n) is 3.45. The Bertz CT molecular complexity index is 145. The summed E-state index contributed by atoms with van der Waals surface area (Å²) >= 11 is 0. The van der Waals surface area contributed by atoms with E-state index in [1.165, 1.54) is 38.5 Å². The van der Waals surface area contributed by atoms with Gasteiger partial charge in [-0.05, 0) is 30.6 Å². The van der Waals surface area contributed by atoms with E-state index in [-0.39, 0.29) is 0 Å². The lowest BCUT2D eigenvalue weighted by molar-refractivity contribution is 0.136. The lowest BCUT2D eigenvalue weighted by Gasteiger charge is -2.27. The molecule has 1 unspecified atom stereocenters. The van der Waals surface area contributed by atoms with Gasteiger partial charge in [-0.1, -0.05) is 40.0 Å². The molecule has 1 nitrogen and oxygen atoms in total. The SMILES string of the molecule is CCCC1(CCCC(C)C)CCOC1. The molecule has 1 saturated heterocycles. The van der Waals surface area contributed by atoms with Gasteiger partial charge >= 0.3 is 0 Å². The van der Waals surface area contributed by atoms with Gasteiger partial charge in [0.2, 0.25) is 0 Å². The molecular formula is C13H26O. The van der Waals surface area contributed by atoms with Crippen LogP contribution in [-0.4, -0.2) is 13.2 Å². The molecule has 0 amide bonds. The summed E-state index contributed by atoms with van der Waals surface area (Å²) in [5.74, 6) is 0.857. The first kappa shape index (κ1) is 12.0. The highest BCUT2D eigenvalue weighted by atomic mass is 16.5. The molecule has 84 valence electrons. The summed E-state index contributed by atoms with van der Waals surface area (Å²) in [5.41, 5.74) is 0.559. The molecule has 1 heterocycles. The maximum atomic E-state index is 5.57. The third kappa shape index (κ3) is 3.61. The van der Waals surface area contributed by atoms with Crippen LogP contribution >= 0.6 is 0 Å². The van der Waals surface area contributed by atoms with Crippen LogP contribution in [0.4, 0.5) is 0 Å². The molecule has 1 aliphatic rings. The molecule has 0 saturated carbocycles. The van der Waals surface area contributed by atoms with Crippen LogP contribution in [0.5, 0.6) is 0 Å². The van der Waals surface area contributed by atoms with Crippen LogP contribution in [0.25, 0.3) is 0 Å². The standard InChI is InChI=1S/C13H26O/c1-4-7-13(9-10-14-11-13)8-5-6-12(2)3/h12H,4-11H2,1-3H3. The number of hydrogen-bond donors (Lipinski definition) is 0. The van der Waals surface area contributed by atoms with Gasteiger partial charge in [-0.15, -0.1) is 0 Å². The van der Waals surface area contributed by atoms with Crippen LogP contribution in [0.1, 0.15) is 59.3 Å². The van der Waals surface area contributed by atoms with Gasteiger partial charge in [-0.2, -0.15) is 0 Å². The summed E-state index contributed by atoms with van der Waals surface area (Å²) in [6.45, 7) is 8.96. The minimum atomic E-state index is 0.559. The molecule has 0 spiro atoms. The van der Waals surface area contributed by atoms with E-state index >= 15 is 0 Å². The monoisotopic (exact) mass is 198 g/mol. The van der Waals surface area contributed by atoms with Crippen LogP contribution in [0.15, 0.2) is 0 Å². The van der Waals surface area contributed by atoms with E-state index in [4.69, 9.17) is 4.74 Å². The molecule has 1 aliphatic heterocycles. The van der Waals surface area contributed by atoms with Gasteiger partial charge in [0, 0.05) is 6.61 Å². The summed E-state index contributed by atoms with van der Waals surface area (Å²) < 4.78 is 5.57. The molecule has 0 N–H and O–H groups in total. The van der Waals surface area contributed by atoms with E-state index in [2.05, 4.69) is 20.8 Å². The summed E-state index contributed by atoms with van der Waals surface area (Å²) in [5, 5.41) is 0. The van der Waals surface area contributed by atoms with E-state index < -0.39 is 0 Å². The number of ether oxygens (including phenoxy) is 1. The average molecular weight is 198 g/mol. The van der Waals surface area contributed by atoms with Gasteiger partial charge in [0.1, 0.15) is 0 Å². The summed E-state index contributed by atoms with van der Waals surface area (Å²) in [6.07, 6.45) is 8.14. The van der Waals surface area contributed by atoms with E-state index in [9.17, 15) is 0 Å². The predicted octanol–water partition coefficient (Wildman–Crippen LogP) is 4.02. The zero-order chi connectivity index (χ0) is 10.4. The van der Waals surface area contributed by atoms with E-state index in [0.717, 1.165) is 19.1 Å². The van der Waals surface area contributed by atoms with Crippen molar-refractivity contribution in [2.24, 2.45) is 11.3 Å². The van der Waals surface area contributed by atoms with Crippen molar-refractivity contribution >= 4 is 0 Å². The first-order valence-electron chi connectivity index (χ1n) is 6.26. The first-order valence-corrected chi connectivity index (χ1v) is 6.26. The number of rotatable bonds is 6. The maximum Gasteiger partial charge on any atom is 0.0523 e. The summed E-state index contributed by atoms with van der Waals surface area (Å²) in [7, 11) is 0. The zero-order valence-electron chi connectivity index (χ0n) is 10.1. The van der Waals surface area contributed by atoms with Crippen LogP contribution in [0, 0.1) is 11.3 Å². The molecule has 14 heavy (non-hydrogen) atoms. The fourth-order valence-electron chi connectivity index (χ4n) is 2.58. The van der Waals surface area contributed by atoms with Crippen LogP contribution in [0.3, 0.4) is 0 Å². The first-order chi connectivity index (χ1) is 6.68. The summed E-state index contributed by atoms with van der Waals surface area (Å²) in [6, 6.07) is 0. The molecular weight excluding hydrogens is 172 g/mol. The van der Waals surface area contributed by atoms with Crippen molar-refractivity contribution in [1.82, 2.24) is 0 Å². The molecule has 0 aromatic heterocycles. The minimum absolute atomic E-state index is 0.559. The van der Waals surface area contributed by atoms with Gasteiger partial charge in [0.25, 0.3) is 0 Å². The van der Waals surface area contributed by atoms with Crippen LogP contribution in [0.2, 0.25) is 0 Å². The second-order valence-electron chi connectivity index (χ2n) is 5.34. The maximum absolute atomic E-state index is 5.57. The van der Waals surface area contributed by atoms with E-state index in [1.54, 1.807) is 0 Å². The van der Waals surface area contributed by atoms with Crippen molar-refractivity contribution < 1.29 is 4.74 Å². The van der Waals surface area contributed by atoms with Crippen molar-refractivity contribution in [3.8, 4) is 0 Å². The Hall–Kier alpha value is -0.0400. The van der Waals surface area contributed by atoms with Gasteiger partial charge < -0.3 is 4.74 Å². The molecule has 0 aromatic carbocycles. The van der Waals surface area contributed by atoms with Gasteiger partial charge in [0.15, 0.2) is 0 Å². The van der Waals surface area contributed by atoms with Crippen LogP contribution in [-0.2, 0) is 4.74 Å². The Balaban J connectivity index is 2.28. The Morgan fingerprint density at radius 2 is 2.07 bits per heavy atom. The highest BCUT2D eigenvalue weighted by Crippen LogP contribution is 2.38. The molecule has 1 rings (SSSR count). The Labute approximate surface area is 89.2 Å². The number of hydrogen-bond acceptors (Lipinski definition) is 1. The summed E-state index contributed by atoms with van der Waals surface area (Å²) in [4.78, 5) is 0. The average Bonchev–Trinajstić information content (AvgIpc) is 2.53. The third-order valence-corrected chi connectivity index (χ3v) is 3.45. The van der Waals surface area contributed by atoms with Gasteiger partial charge in [-0.25, -0.2) is 0 Å². The molecule has 1 heteroatoms. The Kier molecular flexibility index (Phi) is 4.94. The highest BCUT2D eigenvalue weighted by Gasteiger charge is 2.33. The Morgan fingerprint density at radius 3 is 2.57 bits per heavy atom. The van der Waals surface area contributed by atoms with Crippen molar-refractivity contribution in [3.05, 3.63) is 0 Å². The van der Waals surface area contributed by atoms with Crippen molar-refractivity contribution in [1.29, 1.82) is 0 Å². The normalized spacial score (nSPS) is 27.4. The van der Waals surface area contributed by atoms with Crippen molar-refractivity contribution in [2.45, 2.75) is 59.3 Å². The van der Waals surface area contributed by atoms with Gasteiger partial charge in [-0.3, -0.25) is 0 Å². The second-order valence-corrected chi connectivity index (χ2v) is 5.34. The minimum Gasteiger partial charge on any atom is -0.381 e. The largest absolute Gasteiger partial charge is 0.381 e. The molecule has 0 radical (unpaired) electrons. The zero-order valence-corrected chi connectivity index (χ0v) is 10.1. The smallest absolute Gasteiger partial charge is 0.0523 e. The predicted molar refractivity (Wildman–Crippen MR) is 61.5 cm³/mol. The molecule has 1 atom stereocenters. The topological polar surface area (TPSA) is 9.23 Å².